The van der Waals surface area contributed by atoms with Crippen LogP contribution in [0.3, 0.4) is 0 Å². The Labute approximate surface area is 114 Å². The van der Waals surface area contributed by atoms with Gasteiger partial charge in [-0.05, 0) is 30.0 Å². The summed E-state index contributed by atoms with van der Waals surface area (Å²) in [6, 6.07) is 8.65. The summed E-state index contributed by atoms with van der Waals surface area (Å²) in [5.41, 5.74) is 1.72. The maximum absolute atomic E-state index is 12.3. The van der Waals surface area contributed by atoms with Crippen molar-refractivity contribution in [3.05, 3.63) is 47.0 Å². The Hall–Kier alpha value is -2.69. The third-order valence-corrected chi connectivity index (χ3v) is 3.50. The number of hydrogen-bond acceptors (Lipinski definition) is 3. The Morgan fingerprint density at radius 2 is 1.75 bits per heavy atom. The van der Waals surface area contributed by atoms with Crippen LogP contribution in [0.4, 0.5) is 0 Å². The van der Waals surface area contributed by atoms with Crippen molar-refractivity contribution in [3.8, 4) is 0 Å². The molecule has 5 heteroatoms. The van der Waals surface area contributed by atoms with E-state index in [4.69, 9.17) is 5.11 Å². The molecule has 100 valence electrons. The lowest BCUT2D eigenvalue weighted by Crippen LogP contribution is -2.43. The molecule has 1 aliphatic rings. The summed E-state index contributed by atoms with van der Waals surface area (Å²) < 4.78 is 0. The number of imide groups is 1. The number of hydrogen-bond donors (Lipinski definition) is 1. The molecule has 2 aromatic rings. The first-order valence-electron chi connectivity index (χ1n) is 6.11. The van der Waals surface area contributed by atoms with Crippen LogP contribution in [0, 0.1) is 6.92 Å². The first-order chi connectivity index (χ1) is 9.50. The second-order valence-corrected chi connectivity index (χ2v) is 4.75. The van der Waals surface area contributed by atoms with Crippen LogP contribution in [0.25, 0.3) is 10.8 Å². The van der Waals surface area contributed by atoms with E-state index in [1.807, 2.05) is 13.0 Å². The zero-order valence-electron chi connectivity index (χ0n) is 10.7. The van der Waals surface area contributed by atoms with Gasteiger partial charge < -0.3 is 5.11 Å². The summed E-state index contributed by atoms with van der Waals surface area (Å²) in [6.45, 7) is 1.28. The van der Waals surface area contributed by atoms with Gasteiger partial charge in [-0.2, -0.15) is 0 Å². The predicted octanol–water partition coefficient (Wildman–Crippen LogP) is 1.83. The molecule has 0 saturated carbocycles. The van der Waals surface area contributed by atoms with Crippen LogP contribution < -0.4 is 0 Å². The quantitative estimate of drug-likeness (QED) is 0.844. The molecule has 0 spiro atoms. The standard InChI is InChI=1S/C15H11NO4/c1-8-5-6-11-13-9(8)3-2-4-10(13)14(19)16(15(11)20)7-12(17)18/h2-6H,7H2,1H3,(H,17,18). The van der Waals surface area contributed by atoms with Gasteiger partial charge >= 0.3 is 5.97 Å². The lowest BCUT2D eigenvalue weighted by Gasteiger charge is -2.26. The number of carbonyl (C=O) groups is 3. The molecule has 1 heterocycles. The van der Waals surface area contributed by atoms with Gasteiger partial charge in [0.2, 0.25) is 0 Å². The lowest BCUT2D eigenvalue weighted by atomic mass is 9.92. The molecule has 0 fully saturated rings. The van der Waals surface area contributed by atoms with Gasteiger partial charge in [-0.3, -0.25) is 19.3 Å². The molecule has 0 bridgehead atoms. The fraction of sp³-hybridized carbons (Fsp3) is 0.133. The number of rotatable bonds is 2. The fourth-order valence-electron chi connectivity index (χ4n) is 2.57. The molecule has 0 aromatic heterocycles. The average Bonchev–Trinajstić information content (AvgIpc) is 2.42. The van der Waals surface area contributed by atoms with E-state index in [1.165, 1.54) is 0 Å². The number of aliphatic carboxylic acids is 1. The van der Waals surface area contributed by atoms with Crippen molar-refractivity contribution in [2.45, 2.75) is 6.92 Å². The molecule has 0 saturated heterocycles. The van der Waals surface area contributed by atoms with E-state index in [-0.39, 0.29) is 0 Å². The minimum absolute atomic E-state index is 0.377. The molecule has 0 radical (unpaired) electrons. The maximum Gasteiger partial charge on any atom is 0.323 e. The van der Waals surface area contributed by atoms with E-state index >= 15 is 0 Å². The fourth-order valence-corrected chi connectivity index (χ4v) is 2.57. The summed E-state index contributed by atoms with van der Waals surface area (Å²) in [5.74, 6) is -2.32. The van der Waals surface area contributed by atoms with E-state index in [9.17, 15) is 14.4 Å². The Balaban J connectivity index is 2.31. The number of amides is 2. The van der Waals surface area contributed by atoms with Crippen molar-refractivity contribution in [2.75, 3.05) is 6.54 Å². The molecule has 20 heavy (non-hydrogen) atoms. The largest absolute Gasteiger partial charge is 0.480 e. The highest BCUT2D eigenvalue weighted by Crippen LogP contribution is 2.31. The summed E-state index contributed by atoms with van der Waals surface area (Å²) >= 11 is 0. The van der Waals surface area contributed by atoms with Crippen LogP contribution in [0.2, 0.25) is 0 Å². The Morgan fingerprint density at radius 1 is 1.10 bits per heavy atom. The number of carbonyl (C=O) groups excluding carboxylic acids is 2. The normalized spacial score (nSPS) is 13.9. The van der Waals surface area contributed by atoms with Crippen LogP contribution in [-0.2, 0) is 4.79 Å². The Kier molecular flexibility index (Phi) is 2.57. The summed E-state index contributed by atoms with van der Waals surface area (Å²) in [4.78, 5) is 36.2. The van der Waals surface area contributed by atoms with Crippen molar-refractivity contribution in [1.82, 2.24) is 4.90 Å². The van der Waals surface area contributed by atoms with E-state index < -0.39 is 24.3 Å². The minimum Gasteiger partial charge on any atom is -0.480 e. The highest BCUT2D eigenvalue weighted by atomic mass is 16.4. The number of benzene rings is 2. The second kappa shape index (κ2) is 4.16. The van der Waals surface area contributed by atoms with Gasteiger partial charge in [-0.15, -0.1) is 0 Å². The Bertz CT molecular complexity index is 757. The smallest absolute Gasteiger partial charge is 0.323 e. The number of aryl methyl sites for hydroxylation is 1. The number of nitrogens with zero attached hydrogens (tertiary/aromatic N) is 1. The number of carboxylic acid groups (broad SMARTS) is 1. The van der Waals surface area contributed by atoms with Gasteiger partial charge in [0.15, 0.2) is 0 Å². The maximum atomic E-state index is 12.3. The SMILES string of the molecule is Cc1ccc2c3c(cccc13)C(=O)N(CC(=O)O)C2=O. The molecule has 1 aliphatic heterocycles. The molecule has 3 rings (SSSR count). The molecule has 2 aromatic carbocycles. The predicted molar refractivity (Wildman–Crippen MR) is 71.7 cm³/mol. The van der Waals surface area contributed by atoms with Gasteiger partial charge in [-0.25, -0.2) is 0 Å². The zero-order chi connectivity index (χ0) is 14.4. The van der Waals surface area contributed by atoms with E-state index in [0.717, 1.165) is 15.8 Å². The van der Waals surface area contributed by atoms with Crippen molar-refractivity contribution < 1.29 is 19.5 Å². The summed E-state index contributed by atoms with van der Waals surface area (Å²) in [5, 5.41) is 10.3. The van der Waals surface area contributed by atoms with Crippen molar-refractivity contribution in [2.24, 2.45) is 0 Å². The first kappa shape index (κ1) is 12.3. The summed E-state index contributed by atoms with van der Waals surface area (Å²) in [7, 11) is 0. The van der Waals surface area contributed by atoms with Gasteiger partial charge in [0.05, 0.1) is 0 Å². The van der Waals surface area contributed by atoms with E-state index in [2.05, 4.69) is 0 Å². The van der Waals surface area contributed by atoms with Gasteiger partial charge in [0, 0.05) is 16.5 Å². The minimum atomic E-state index is -1.21. The van der Waals surface area contributed by atoms with Crippen LogP contribution in [-0.4, -0.2) is 34.3 Å². The second-order valence-electron chi connectivity index (χ2n) is 4.75. The van der Waals surface area contributed by atoms with Crippen LogP contribution in [0.5, 0.6) is 0 Å². The zero-order valence-corrected chi connectivity index (χ0v) is 10.7. The van der Waals surface area contributed by atoms with E-state index in [1.54, 1.807) is 24.3 Å². The third-order valence-electron chi connectivity index (χ3n) is 3.50. The van der Waals surface area contributed by atoms with Gasteiger partial charge in [0.1, 0.15) is 6.54 Å². The topological polar surface area (TPSA) is 74.7 Å². The summed E-state index contributed by atoms with van der Waals surface area (Å²) in [6.07, 6.45) is 0. The monoisotopic (exact) mass is 269 g/mol. The van der Waals surface area contributed by atoms with Crippen molar-refractivity contribution >= 4 is 28.6 Å². The molecule has 1 N–H and O–H groups in total. The molecule has 0 aliphatic carbocycles. The first-order valence-corrected chi connectivity index (χ1v) is 6.11. The molecule has 0 unspecified atom stereocenters. The highest BCUT2D eigenvalue weighted by molar-refractivity contribution is 6.26. The molecule has 2 amide bonds. The van der Waals surface area contributed by atoms with Crippen molar-refractivity contribution in [3.63, 3.8) is 0 Å². The lowest BCUT2D eigenvalue weighted by molar-refractivity contribution is -0.137. The Morgan fingerprint density at radius 3 is 2.40 bits per heavy atom. The van der Waals surface area contributed by atoms with Gasteiger partial charge in [0.25, 0.3) is 11.8 Å². The molecule has 0 atom stereocenters. The van der Waals surface area contributed by atoms with Crippen LogP contribution in [0.15, 0.2) is 30.3 Å². The molecular weight excluding hydrogens is 258 g/mol. The third kappa shape index (κ3) is 1.60. The van der Waals surface area contributed by atoms with E-state index in [0.29, 0.717) is 16.5 Å². The highest BCUT2D eigenvalue weighted by Gasteiger charge is 2.34. The average molecular weight is 269 g/mol. The molecular formula is C15H11NO4. The molecule has 5 nitrogen and oxygen atoms in total. The van der Waals surface area contributed by atoms with Gasteiger partial charge in [-0.1, -0.05) is 18.2 Å². The van der Waals surface area contributed by atoms with Crippen molar-refractivity contribution in [1.29, 1.82) is 0 Å². The number of carboxylic acids is 1. The van der Waals surface area contributed by atoms with Crippen LogP contribution >= 0.6 is 0 Å². The van der Waals surface area contributed by atoms with Crippen LogP contribution in [0.1, 0.15) is 26.3 Å².